The predicted molar refractivity (Wildman–Crippen MR) is 69.3 cm³/mol. The van der Waals surface area contributed by atoms with E-state index in [9.17, 15) is 4.79 Å². The average Bonchev–Trinajstić information content (AvgIpc) is 2.85. The largest absolute Gasteiger partial charge is 0.469 e. The first-order chi connectivity index (χ1) is 8.76. The molecule has 1 aliphatic heterocycles. The van der Waals surface area contributed by atoms with Gasteiger partial charge in [-0.05, 0) is 25.7 Å². The Bertz CT molecular complexity index is 230. The summed E-state index contributed by atoms with van der Waals surface area (Å²) >= 11 is 0. The Labute approximate surface area is 110 Å². The quantitative estimate of drug-likeness (QED) is 0.510. The second kappa shape index (κ2) is 9.34. The maximum Gasteiger partial charge on any atom is 0.305 e. The molecular weight excluding hydrogens is 232 g/mol. The third-order valence-electron chi connectivity index (χ3n) is 3.53. The summed E-state index contributed by atoms with van der Waals surface area (Å²) in [7, 11) is 1.43. The molecule has 2 atom stereocenters. The molecule has 1 aliphatic rings. The summed E-state index contributed by atoms with van der Waals surface area (Å²) in [6, 6.07) is 0. The number of aliphatic hydroxyl groups excluding tert-OH is 1. The van der Waals surface area contributed by atoms with Gasteiger partial charge in [0.1, 0.15) is 0 Å². The molecule has 0 radical (unpaired) electrons. The second-order valence-electron chi connectivity index (χ2n) is 5.02. The second-order valence-corrected chi connectivity index (χ2v) is 5.02. The van der Waals surface area contributed by atoms with Crippen LogP contribution < -0.4 is 0 Å². The Balaban J connectivity index is 1.86. The maximum absolute atomic E-state index is 10.9. The molecule has 0 amide bonds. The van der Waals surface area contributed by atoms with E-state index in [4.69, 9.17) is 9.84 Å². The van der Waals surface area contributed by atoms with Gasteiger partial charge in [-0.3, -0.25) is 4.79 Å². The molecule has 0 aromatic carbocycles. The smallest absolute Gasteiger partial charge is 0.305 e. The maximum atomic E-state index is 10.9. The molecule has 1 N–H and O–H groups in total. The summed E-state index contributed by atoms with van der Waals surface area (Å²) in [4.78, 5) is 10.9. The Morgan fingerprint density at radius 2 is 1.83 bits per heavy atom. The molecule has 1 heterocycles. The normalized spacial score (nSPS) is 23.2. The van der Waals surface area contributed by atoms with E-state index < -0.39 is 0 Å². The molecule has 106 valence electrons. The third kappa shape index (κ3) is 6.36. The third-order valence-corrected chi connectivity index (χ3v) is 3.53. The van der Waals surface area contributed by atoms with Crippen molar-refractivity contribution in [2.45, 2.75) is 70.0 Å². The van der Waals surface area contributed by atoms with Crippen LogP contribution in [0.15, 0.2) is 0 Å². The summed E-state index contributed by atoms with van der Waals surface area (Å²) in [6.45, 7) is 0.157. The van der Waals surface area contributed by atoms with Crippen molar-refractivity contribution in [2.24, 2.45) is 0 Å². The summed E-state index contributed by atoms with van der Waals surface area (Å²) in [6.07, 6.45) is 9.76. The van der Waals surface area contributed by atoms with Crippen LogP contribution in [0.5, 0.6) is 0 Å². The Kier molecular flexibility index (Phi) is 8.01. The van der Waals surface area contributed by atoms with Gasteiger partial charge in [-0.15, -0.1) is 0 Å². The summed E-state index contributed by atoms with van der Waals surface area (Å²) in [5.41, 5.74) is 0. The van der Waals surface area contributed by atoms with E-state index in [2.05, 4.69) is 4.74 Å². The van der Waals surface area contributed by atoms with Crippen molar-refractivity contribution in [2.75, 3.05) is 13.7 Å². The van der Waals surface area contributed by atoms with Gasteiger partial charge < -0.3 is 14.6 Å². The van der Waals surface area contributed by atoms with E-state index in [1.54, 1.807) is 0 Å². The number of carbonyl (C=O) groups is 1. The van der Waals surface area contributed by atoms with E-state index >= 15 is 0 Å². The number of ether oxygens (including phenoxy) is 2. The number of hydrogen-bond acceptors (Lipinski definition) is 4. The molecule has 1 rings (SSSR count). The van der Waals surface area contributed by atoms with E-state index in [0.29, 0.717) is 12.5 Å². The number of esters is 1. The van der Waals surface area contributed by atoms with Crippen LogP contribution in [0.2, 0.25) is 0 Å². The lowest BCUT2D eigenvalue weighted by Gasteiger charge is -2.11. The van der Waals surface area contributed by atoms with Crippen LogP contribution in [0.4, 0.5) is 0 Å². The molecule has 18 heavy (non-hydrogen) atoms. The molecule has 0 saturated carbocycles. The number of carbonyl (C=O) groups excluding carboxylic acids is 1. The minimum atomic E-state index is -0.107. The first-order valence-corrected chi connectivity index (χ1v) is 7.09. The monoisotopic (exact) mass is 258 g/mol. The number of methoxy groups -OCH3 is 1. The van der Waals surface area contributed by atoms with Crippen LogP contribution in [0.25, 0.3) is 0 Å². The van der Waals surface area contributed by atoms with Crippen LogP contribution in [-0.4, -0.2) is 37.0 Å². The first kappa shape index (κ1) is 15.4. The standard InChI is InChI=1S/C14H26O4/c1-17-14(16)8-6-4-2-3-5-7-12-9-10-13(11-15)18-12/h12-13,15H,2-11H2,1H3. The van der Waals surface area contributed by atoms with Crippen molar-refractivity contribution in [3.8, 4) is 0 Å². The minimum absolute atomic E-state index is 0.0788. The van der Waals surface area contributed by atoms with Crippen LogP contribution in [0.1, 0.15) is 57.8 Å². The number of aliphatic hydroxyl groups is 1. The van der Waals surface area contributed by atoms with Gasteiger partial charge in [0.2, 0.25) is 0 Å². The van der Waals surface area contributed by atoms with E-state index in [0.717, 1.165) is 32.1 Å². The van der Waals surface area contributed by atoms with Crippen LogP contribution >= 0.6 is 0 Å². The number of rotatable bonds is 9. The van der Waals surface area contributed by atoms with Crippen molar-refractivity contribution in [3.05, 3.63) is 0 Å². The molecule has 0 aromatic rings. The summed E-state index contributed by atoms with van der Waals surface area (Å²) in [5.74, 6) is -0.107. The highest BCUT2D eigenvalue weighted by Crippen LogP contribution is 2.23. The predicted octanol–water partition coefficient (Wildman–Crippen LogP) is 2.43. The van der Waals surface area contributed by atoms with Gasteiger partial charge >= 0.3 is 5.97 Å². The topological polar surface area (TPSA) is 55.8 Å². The van der Waals surface area contributed by atoms with Gasteiger partial charge in [-0.2, -0.15) is 0 Å². The lowest BCUT2D eigenvalue weighted by Crippen LogP contribution is -2.14. The highest BCUT2D eigenvalue weighted by molar-refractivity contribution is 5.68. The van der Waals surface area contributed by atoms with Crippen molar-refractivity contribution >= 4 is 5.97 Å². The van der Waals surface area contributed by atoms with Crippen LogP contribution in [0, 0.1) is 0 Å². The molecule has 0 aliphatic carbocycles. The van der Waals surface area contributed by atoms with E-state index in [1.807, 2.05) is 0 Å². The van der Waals surface area contributed by atoms with Gasteiger partial charge in [-0.25, -0.2) is 0 Å². The lowest BCUT2D eigenvalue weighted by atomic mass is 10.1. The van der Waals surface area contributed by atoms with Crippen molar-refractivity contribution in [1.29, 1.82) is 0 Å². The highest BCUT2D eigenvalue weighted by atomic mass is 16.5. The van der Waals surface area contributed by atoms with Gasteiger partial charge in [0.15, 0.2) is 0 Å². The summed E-state index contributed by atoms with van der Waals surface area (Å²) < 4.78 is 10.3. The molecule has 4 heteroatoms. The zero-order chi connectivity index (χ0) is 13.2. The number of hydrogen-bond donors (Lipinski definition) is 1. The van der Waals surface area contributed by atoms with Gasteiger partial charge in [0.25, 0.3) is 0 Å². The zero-order valence-electron chi connectivity index (χ0n) is 11.4. The van der Waals surface area contributed by atoms with Crippen molar-refractivity contribution in [1.82, 2.24) is 0 Å². The molecule has 2 unspecified atom stereocenters. The molecular formula is C14H26O4. The van der Waals surface area contributed by atoms with Crippen LogP contribution in [0.3, 0.4) is 0 Å². The Morgan fingerprint density at radius 1 is 1.17 bits per heavy atom. The van der Waals surface area contributed by atoms with Crippen molar-refractivity contribution in [3.63, 3.8) is 0 Å². The average molecular weight is 258 g/mol. The number of unbranched alkanes of at least 4 members (excludes halogenated alkanes) is 4. The van der Waals surface area contributed by atoms with Crippen LogP contribution in [-0.2, 0) is 14.3 Å². The molecule has 0 spiro atoms. The fourth-order valence-corrected chi connectivity index (χ4v) is 2.40. The zero-order valence-corrected chi connectivity index (χ0v) is 11.4. The highest BCUT2D eigenvalue weighted by Gasteiger charge is 2.23. The summed E-state index contributed by atoms with van der Waals surface area (Å²) in [5, 5.41) is 8.95. The van der Waals surface area contributed by atoms with Crippen molar-refractivity contribution < 1.29 is 19.4 Å². The SMILES string of the molecule is COC(=O)CCCCCCCC1CCC(CO)O1. The Hall–Kier alpha value is -0.610. The van der Waals surface area contributed by atoms with Gasteiger partial charge in [0, 0.05) is 6.42 Å². The van der Waals surface area contributed by atoms with Gasteiger partial charge in [-0.1, -0.05) is 25.7 Å². The molecule has 1 saturated heterocycles. The molecule has 4 nitrogen and oxygen atoms in total. The molecule has 0 aromatic heterocycles. The van der Waals surface area contributed by atoms with Gasteiger partial charge in [0.05, 0.1) is 25.9 Å². The van der Waals surface area contributed by atoms with E-state index in [1.165, 1.54) is 26.4 Å². The minimum Gasteiger partial charge on any atom is -0.469 e. The molecule has 0 bridgehead atoms. The first-order valence-electron chi connectivity index (χ1n) is 7.09. The lowest BCUT2D eigenvalue weighted by molar-refractivity contribution is -0.140. The fourth-order valence-electron chi connectivity index (χ4n) is 2.40. The fraction of sp³-hybridized carbons (Fsp3) is 0.929. The molecule has 1 fully saturated rings. The Morgan fingerprint density at radius 3 is 2.50 bits per heavy atom. The van der Waals surface area contributed by atoms with E-state index in [-0.39, 0.29) is 18.7 Å².